The lowest BCUT2D eigenvalue weighted by molar-refractivity contribution is -0.0352. The molecule has 0 saturated carbocycles. The second-order valence-corrected chi connectivity index (χ2v) is 5.59. The molecule has 0 bridgehead atoms. The van der Waals surface area contributed by atoms with E-state index in [9.17, 15) is 4.79 Å². The molecule has 5 nitrogen and oxygen atoms in total. The minimum Gasteiger partial charge on any atom is -0.444 e. The van der Waals surface area contributed by atoms with Crippen molar-refractivity contribution in [2.24, 2.45) is 0 Å². The fourth-order valence-corrected chi connectivity index (χ4v) is 1.92. The van der Waals surface area contributed by atoms with Crippen LogP contribution >= 0.6 is 0 Å². The van der Waals surface area contributed by atoms with E-state index in [0.29, 0.717) is 25.9 Å². The molecule has 17 heavy (non-hydrogen) atoms. The smallest absolute Gasteiger partial charge is 0.410 e. The molecule has 0 spiro atoms. The largest absolute Gasteiger partial charge is 0.444 e. The van der Waals surface area contributed by atoms with Crippen LogP contribution in [0.25, 0.3) is 0 Å². The molecule has 1 amide bonds. The quantitative estimate of drug-likeness (QED) is 0.688. The SMILES string of the molecule is CC(C)(C)OC(=O)N1CCOCC1CC1CO1. The summed E-state index contributed by atoms with van der Waals surface area (Å²) in [4.78, 5) is 13.8. The van der Waals surface area contributed by atoms with Gasteiger partial charge in [-0.3, -0.25) is 0 Å². The minimum absolute atomic E-state index is 0.0890. The van der Waals surface area contributed by atoms with Crippen molar-refractivity contribution in [3.05, 3.63) is 0 Å². The Hall–Kier alpha value is -0.810. The van der Waals surface area contributed by atoms with Crippen LogP contribution in [-0.2, 0) is 14.2 Å². The zero-order valence-corrected chi connectivity index (χ0v) is 10.8. The van der Waals surface area contributed by atoms with Gasteiger partial charge in [-0.25, -0.2) is 4.79 Å². The van der Waals surface area contributed by atoms with Crippen molar-refractivity contribution in [2.75, 3.05) is 26.4 Å². The van der Waals surface area contributed by atoms with Crippen molar-refractivity contribution in [2.45, 2.75) is 44.9 Å². The maximum absolute atomic E-state index is 12.0. The lowest BCUT2D eigenvalue weighted by Crippen LogP contribution is -2.50. The van der Waals surface area contributed by atoms with Crippen molar-refractivity contribution >= 4 is 6.09 Å². The summed E-state index contributed by atoms with van der Waals surface area (Å²) in [6.07, 6.45) is 0.900. The summed E-state index contributed by atoms with van der Waals surface area (Å²) >= 11 is 0. The van der Waals surface area contributed by atoms with Crippen molar-refractivity contribution in [1.29, 1.82) is 0 Å². The van der Waals surface area contributed by atoms with Crippen molar-refractivity contribution in [3.8, 4) is 0 Å². The molecule has 2 rings (SSSR count). The molecule has 2 saturated heterocycles. The lowest BCUT2D eigenvalue weighted by atomic mass is 10.1. The van der Waals surface area contributed by atoms with Gasteiger partial charge in [0.2, 0.25) is 0 Å². The van der Waals surface area contributed by atoms with Crippen LogP contribution in [0.5, 0.6) is 0 Å². The predicted molar refractivity (Wildman–Crippen MR) is 61.9 cm³/mol. The minimum atomic E-state index is -0.448. The molecule has 0 aliphatic carbocycles. The number of epoxide rings is 1. The van der Waals surface area contributed by atoms with E-state index >= 15 is 0 Å². The van der Waals surface area contributed by atoms with Crippen molar-refractivity contribution in [3.63, 3.8) is 0 Å². The van der Waals surface area contributed by atoms with Crippen LogP contribution in [-0.4, -0.2) is 55.1 Å². The number of ether oxygens (including phenoxy) is 3. The van der Waals surface area contributed by atoms with Gasteiger partial charge in [0, 0.05) is 6.54 Å². The van der Waals surface area contributed by atoms with Crippen LogP contribution in [0.3, 0.4) is 0 Å². The van der Waals surface area contributed by atoms with E-state index in [4.69, 9.17) is 14.2 Å². The zero-order chi connectivity index (χ0) is 12.5. The van der Waals surface area contributed by atoms with Gasteiger partial charge >= 0.3 is 6.09 Å². The van der Waals surface area contributed by atoms with E-state index in [0.717, 1.165) is 13.0 Å². The fourth-order valence-electron chi connectivity index (χ4n) is 1.92. The van der Waals surface area contributed by atoms with Gasteiger partial charge in [-0.2, -0.15) is 0 Å². The average Bonchev–Trinajstić information content (AvgIpc) is 3.00. The van der Waals surface area contributed by atoms with Gasteiger partial charge in [0.15, 0.2) is 0 Å². The molecule has 0 N–H and O–H groups in total. The third kappa shape index (κ3) is 3.85. The molecular formula is C12H21NO4. The molecule has 0 radical (unpaired) electrons. The normalized spacial score (nSPS) is 29.0. The third-order valence-corrected chi connectivity index (χ3v) is 2.79. The number of hydrogen-bond donors (Lipinski definition) is 0. The summed E-state index contributed by atoms with van der Waals surface area (Å²) in [5.74, 6) is 0. The Morgan fingerprint density at radius 3 is 2.71 bits per heavy atom. The second kappa shape index (κ2) is 4.82. The molecule has 2 aliphatic heterocycles. The average molecular weight is 243 g/mol. The topological polar surface area (TPSA) is 51.3 Å². The molecule has 2 heterocycles. The molecule has 2 unspecified atom stereocenters. The second-order valence-electron chi connectivity index (χ2n) is 5.59. The Balaban J connectivity index is 1.92. The molecule has 5 heteroatoms. The van der Waals surface area contributed by atoms with Gasteiger partial charge in [-0.1, -0.05) is 0 Å². The Kier molecular flexibility index (Phi) is 3.58. The standard InChI is InChI=1S/C12H21NO4/c1-12(2,3)17-11(14)13-4-5-15-7-9(13)6-10-8-16-10/h9-10H,4-8H2,1-3H3. The van der Waals surface area contributed by atoms with Gasteiger partial charge in [-0.05, 0) is 27.2 Å². The Morgan fingerprint density at radius 2 is 2.12 bits per heavy atom. The first-order valence-corrected chi connectivity index (χ1v) is 6.15. The first-order chi connectivity index (χ1) is 7.96. The summed E-state index contributed by atoms with van der Waals surface area (Å²) in [5, 5.41) is 0. The maximum atomic E-state index is 12.0. The summed E-state index contributed by atoms with van der Waals surface area (Å²) in [5.41, 5.74) is -0.448. The van der Waals surface area contributed by atoms with Gasteiger partial charge < -0.3 is 19.1 Å². The van der Waals surface area contributed by atoms with Crippen molar-refractivity contribution in [1.82, 2.24) is 4.90 Å². The van der Waals surface area contributed by atoms with Gasteiger partial charge in [0.25, 0.3) is 0 Å². The van der Waals surface area contributed by atoms with Crippen LogP contribution in [0.2, 0.25) is 0 Å². The molecule has 2 aliphatic rings. The van der Waals surface area contributed by atoms with E-state index in [-0.39, 0.29) is 12.1 Å². The van der Waals surface area contributed by atoms with E-state index in [1.807, 2.05) is 20.8 Å². The van der Waals surface area contributed by atoms with Crippen LogP contribution in [0.1, 0.15) is 27.2 Å². The summed E-state index contributed by atoms with van der Waals surface area (Å²) in [6, 6.07) is 0.0890. The number of morpholine rings is 1. The van der Waals surface area contributed by atoms with Crippen LogP contribution in [0.15, 0.2) is 0 Å². The van der Waals surface area contributed by atoms with E-state index in [2.05, 4.69) is 0 Å². The molecule has 2 atom stereocenters. The molecule has 98 valence electrons. The highest BCUT2D eigenvalue weighted by Crippen LogP contribution is 2.22. The van der Waals surface area contributed by atoms with E-state index < -0.39 is 5.60 Å². The summed E-state index contributed by atoms with van der Waals surface area (Å²) in [6.45, 7) is 8.21. The first-order valence-electron chi connectivity index (χ1n) is 6.15. The van der Waals surface area contributed by atoms with Crippen LogP contribution < -0.4 is 0 Å². The van der Waals surface area contributed by atoms with Gasteiger partial charge in [-0.15, -0.1) is 0 Å². The molecular weight excluding hydrogens is 222 g/mol. The number of carbonyl (C=O) groups is 1. The molecule has 0 aromatic carbocycles. The lowest BCUT2D eigenvalue weighted by Gasteiger charge is -2.36. The summed E-state index contributed by atoms with van der Waals surface area (Å²) in [7, 11) is 0. The Bertz CT molecular complexity index is 283. The molecule has 0 aromatic rings. The highest BCUT2D eigenvalue weighted by Gasteiger charge is 2.35. The number of nitrogens with zero attached hydrogens (tertiary/aromatic N) is 1. The first kappa shape index (κ1) is 12.6. The van der Waals surface area contributed by atoms with E-state index in [1.54, 1.807) is 4.90 Å². The predicted octanol–water partition coefficient (Wildman–Crippen LogP) is 1.41. The monoisotopic (exact) mass is 243 g/mol. The fraction of sp³-hybridized carbons (Fsp3) is 0.917. The number of amides is 1. The van der Waals surface area contributed by atoms with Gasteiger partial charge in [0.05, 0.1) is 32.0 Å². The maximum Gasteiger partial charge on any atom is 0.410 e. The highest BCUT2D eigenvalue weighted by atomic mass is 16.6. The number of hydrogen-bond acceptors (Lipinski definition) is 4. The molecule has 0 aromatic heterocycles. The number of rotatable bonds is 2. The van der Waals surface area contributed by atoms with Crippen LogP contribution in [0.4, 0.5) is 4.79 Å². The number of carbonyl (C=O) groups excluding carboxylic acids is 1. The van der Waals surface area contributed by atoms with Crippen LogP contribution in [0, 0.1) is 0 Å². The van der Waals surface area contributed by atoms with E-state index in [1.165, 1.54) is 0 Å². The Morgan fingerprint density at radius 1 is 1.41 bits per heavy atom. The highest BCUT2D eigenvalue weighted by molar-refractivity contribution is 5.68. The van der Waals surface area contributed by atoms with Gasteiger partial charge in [0.1, 0.15) is 5.60 Å². The zero-order valence-electron chi connectivity index (χ0n) is 10.8. The van der Waals surface area contributed by atoms with Crippen molar-refractivity contribution < 1.29 is 19.0 Å². The Labute approximate surface area is 102 Å². The molecule has 2 fully saturated rings. The third-order valence-electron chi connectivity index (χ3n) is 2.79. The summed E-state index contributed by atoms with van der Waals surface area (Å²) < 4.78 is 16.0.